The van der Waals surface area contributed by atoms with Crippen molar-refractivity contribution in [2.45, 2.75) is 59.0 Å². The Kier molecular flexibility index (Phi) is 5.62. The van der Waals surface area contributed by atoms with Crippen molar-refractivity contribution in [2.24, 2.45) is 5.92 Å². The maximum Gasteiger partial charge on any atom is 0.0195 e. The average Bonchev–Trinajstić information content (AvgIpc) is 2.67. The summed E-state index contributed by atoms with van der Waals surface area (Å²) in [5.74, 6) is 0.778. The van der Waals surface area contributed by atoms with Crippen LogP contribution in [0.5, 0.6) is 0 Å². The van der Waals surface area contributed by atoms with Crippen molar-refractivity contribution in [1.29, 1.82) is 0 Å². The lowest BCUT2D eigenvalue weighted by Gasteiger charge is -2.32. The first-order chi connectivity index (χ1) is 7.13. The van der Waals surface area contributed by atoms with Crippen LogP contribution in [0.2, 0.25) is 0 Å². The van der Waals surface area contributed by atoms with Crippen molar-refractivity contribution in [1.82, 2.24) is 10.2 Å². The van der Waals surface area contributed by atoms with Gasteiger partial charge in [0.2, 0.25) is 0 Å². The van der Waals surface area contributed by atoms with E-state index in [0.717, 1.165) is 18.0 Å². The van der Waals surface area contributed by atoms with Crippen LogP contribution in [0.1, 0.15) is 47.0 Å². The van der Waals surface area contributed by atoms with E-state index in [1.807, 2.05) is 0 Å². The molecule has 0 aromatic rings. The summed E-state index contributed by atoms with van der Waals surface area (Å²) in [5, 5.41) is 3.60. The summed E-state index contributed by atoms with van der Waals surface area (Å²) in [6, 6.07) is 1.48. The first kappa shape index (κ1) is 13.0. The monoisotopic (exact) mass is 212 g/mol. The molecule has 1 saturated heterocycles. The lowest BCUT2D eigenvalue weighted by molar-refractivity contribution is 0.167. The molecule has 0 spiro atoms. The van der Waals surface area contributed by atoms with Gasteiger partial charge < -0.3 is 5.32 Å². The van der Waals surface area contributed by atoms with Gasteiger partial charge in [-0.2, -0.15) is 0 Å². The van der Waals surface area contributed by atoms with Gasteiger partial charge in [-0.15, -0.1) is 0 Å². The summed E-state index contributed by atoms with van der Waals surface area (Å²) < 4.78 is 0. The smallest absolute Gasteiger partial charge is 0.0195 e. The average molecular weight is 212 g/mol. The maximum absolute atomic E-state index is 3.60. The van der Waals surface area contributed by atoms with Gasteiger partial charge in [-0.3, -0.25) is 4.90 Å². The van der Waals surface area contributed by atoms with Gasteiger partial charge in [-0.1, -0.05) is 20.8 Å². The molecule has 2 unspecified atom stereocenters. The first-order valence-corrected chi connectivity index (χ1v) is 6.61. The molecule has 1 rings (SSSR count). The van der Waals surface area contributed by atoms with Crippen molar-refractivity contribution >= 4 is 0 Å². The molecule has 0 amide bonds. The molecule has 1 aliphatic heterocycles. The highest BCUT2D eigenvalue weighted by molar-refractivity contribution is 4.80. The summed E-state index contributed by atoms with van der Waals surface area (Å²) in [6.07, 6.45) is 3.99. The molecule has 90 valence electrons. The van der Waals surface area contributed by atoms with E-state index in [4.69, 9.17) is 0 Å². The minimum atomic E-state index is 0.731. The summed E-state index contributed by atoms with van der Waals surface area (Å²) in [6.45, 7) is 13.0. The minimum absolute atomic E-state index is 0.731. The Morgan fingerprint density at radius 3 is 2.53 bits per heavy atom. The van der Waals surface area contributed by atoms with Gasteiger partial charge in [-0.05, 0) is 38.6 Å². The second-order valence-electron chi connectivity index (χ2n) is 5.40. The van der Waals surface area contributed by atoms with E-state index >= 15 is 0 Å². The van der Waals surface area contributed by atoms with Crippen molar-refractivity contribution in [3.8, 4) is 0 Å². The molecule has 15 heavy (non-hydrogen) atoms. The zero-order valence-corrected chi connectivity index (χ0v) is 10.9. The Bertz CT molecular complexity index is 162. The Morgan fingerprint density at radius 1 is 1.33 bits per heavy atom. The second kappa shape index (κ2) is 6.49. The first-order valence-electron chi connectivity index (χ1n) is 6.61. The zero-order valence-electron chi connectivity index (χ0n) is 10.9. The molecule has 2 atom stereocenters. The topological polar surface area (TPSA) is 15.3 Å². The van der Waals surface area contributed by atoms with Gasteiger partial charge in [0.1, 0.15) is 0 Å². The van der Waals surface area contributed by atoms with Gasteiger partial charge in [0.05, 0.1) is 0 Å². The number of nitrogens with zero attached hydrogens (tertiary/aromatic N) is 1. The predicted octanol–water partition coefficient (Wildman–Crippen LogP) is 2.49. The van der Waals surface area contributed by atoms with Gasteiger partial charge in [0.25, 0.3) is 0 Å². The summed E-state index contributed by atoms with van der Waals surface area (Å²) in [7, 11) is 0. The van der Waals surface area contributed by atoms with Gasteiger partial charge in [0, 0.05) is 25.2 Å². The highest BCUT2D eigenvalue weighted by Gasteiger charge is 2.20. The third-order valence-corrected chi connectivity index (χ3v) is 3.43. The Morgan fingerprint density at radius 2 is 2.07 bits per heavy atom. The molecular weight excluding hydrogens is 184 g/mol. The minimum Gasteiger partial charge on any atom is -0.313 e. The normalized spacial score (nSPS) is 24.0. The van der Waals surface area contributed by atoms with Crippen molar-refractivity contribution in [3.63, 3.8) is 0 Å². The van der Waals surface area contributed by atoms with Crippen LogP contribution < -0.4 is 5.32 Å². The molecule has 0 radical (unpaired) electrons. The third-order valence-electron chi connectivity index (χ3n) is 3.43. The SMILES string of the molecule is CCC(C)N(CC(C)C)CC1CCCN1. The predicted molar refractivity (Wildman–Crippen MR) is 67.2 cm³/mol. The molecule has 2 heteroatoms. The van der Waals surface area contributed by atoms with E-state index in [1.165, 1.54) is 38.9 Å². The molecule has 0 aromatic carbocycles. The number of hydrogen-bond donors (Lipinski definition) is 1. The second-order valence-corrected chi connectivity index (χ2v) is 5.40. The summed E-state index contributed by atoms with van der Waals surface area (Å²) in [4.78, 5) is 2.66. The Labute approximate surface area is 95.4 Å². The van der Waals surface area contributed by atoms with Crippen molar-refractivity contribution in [2.75, 3.05) is 19.6 Å². The lowest BCUT2D eigenvalue weighted by Crippen LogP contribution is -2.43. The van der Waals surface area contributed by atoms with E-state index in [9.17, 15) is 0 Å². The van der Waals surface area contributed by atoms with Gasteiger partial charge >= 0.3 is 0 Å². The molecule has 2 nitrogen and oxygen atoms in total. The molecule has 1 aliphatic rings. The largest absolute Gasteiger partial charge is 0.313 e. The van der Waals surface area contributed by atoms with Crippen molar-refractivity contribution < 1.29 is 0 Å². The van der Waals surface area contributed by atoms with Crippen LogP contribution >= 0.6 is 0 Å². The van der Waals surface area contributed by atoms with Gasteiger partial charge in [0.15, 0.2) is 0 Å². The third kappa shape index (κ3) is 4.52. The van der Waals surface area contributed by atoms with Crippen molar-refractivity contribution in [3.05, 3.63) is 0 Å². The highest BCUT2D eigenvalue weighted by Crippen LogP contribution is 2.12. The fourth-order valence-electron chi connectivity index (χ4n) is 2.36. The van der Waals surface area contributed by atoms with Crippen LogP contribution in [0.15, 0.2) is 0 Å². The van der Waals surface area contributed by atoms with Crippen LogP contribution in [0.4, 0.5) is 0 Å². The maximum atomic E-state index is 3.60. The zero-order chi connectivity index (χ0) is 11.3. The van der Waals surface area contributed by atoms with Crippen LogP contribution in [-0.4, -0.2) is 36.6 Å². The summed E-state index contributed by atoms with van der Waals surface area (Å²) >= 11 is 0. The van der Waals surface area contributed by atoms with Crippen LogP contribution in [0.25, 0.3) is 0 Å². The molecule has 0 bridgehead atoms. The van der Waals surface area contributed by atoms with E-state index in [-0.39, 0.29) is 0 Å². The number of rotatable bonds is 6. The van der Waals surface area contributed by atoms with Gasteiger partial charge in [-0.25, -0.2) is 0 Å². The summed E-state index contributed by atoms with van der Waals surface area (Å²) in [5.41, 5.74) is 0. The molecule has 0 aromatic heterocycles. The van der Waals surface area contributed by atoms with Crippen LogP contribution in [0.3, 0.4) is 0 Å². The molecule has 0 saturated carbocycles. The Balaban J connectivity index is 2.39. The number of hydrogen-bond acceptors (Lipinski definition) is 2. The number of nitrogens with one attached hydrogen (secondary N) is 1. The van der Waals surface area contributed by atoms with E-state index in [1.54, 1.807) is 0 Å². The standard InChI is InChI=1S/C13H28N2/c1-5-12(4)15(9-11(2)3)10-13-7-6-8-14-13/h11-14H,5-10H2,1-4H3. The lowest BCUT2D eigenvalue weighted by atomic mass is 10.1. The molecular formula is C13H28N2. The van der Waals surface area contributed by atoms with Crippen LogP contribution in [0, 0.1) is 5.92 Å². The van der Waals surface area contributed by atoms with E-state index in [0.29, 0.717) is 0 Å². The van der Waals surface area contributed by atoms with E-state index in [2.05, 4.69) is 37.9 Å². The highest BCUT2D eigenvalue weighted by atomic mass is 15.2. The quantitative estimate of drug-likeness (QED) is 0.728. The molecule has 0 aliphatic carbocycles. The van der Waals surface area contributed by atoms with E-state index < -0.39 is 0 Å². The fraction of sp³-hybridized carbons (Fsp3) is 1.00. The van der Waals surface area contributed by atoms with Crippen LogP contribution in [-0.2, 0) is 0 Å². The molecule has 1 fully saturated rings. The molecule has 1 heterocycles. The Hall–Kier alpha value is -0.0800. The fourth-order valence-corrected chi connectivity index (χ4v) is 2.36. The molecule has 1 N–H and O–H groups in total.